The van der Waals surface area contributed by atoms with E-state index in [0.29, 0.717) is 36.7 Å². The van der Waals surface area contributed by atoms with E-state index in [4.69, 9.17) is 4.74 Å². The number of rotatable bonds is 13. The van der Waals surface area contributed by atoms with Gasteiger partial charge < -0.3 is 25.4 Å². The second-order valence-electron chi connectivity index (χ2n) is 10.6. The van der Waals surface area contributed by atoms with E-state index in [-0.39, 0.29) is 24.1 Å². The van der Waals surface area contributed by atoms with E-state index >= 15 is 0 Å². The van der Waals surface area contributed by atoms with E-state index < -0.39 is 29.7 Å². The number of ether oxygens (including phenoxy) is 1. The van der Waals surface area contributed by atoms with Gasteiger partial charge in [0.05, 0.1) is 29.9 Å². The summed E-state index contributed by atoms with van der Waals surface area (Å²) in [6.45, 7) is 6.67. The predicted octanol–water partition coefficient (Wildman–Crippen LogP) is 4.89. The molecule has 1 aliphatic heterocycles. The van der Waals surface area contributed by atoms with Crippen LogP contribution in [0.1, 0.15) is 59.3 Å². The first kappa shape index (κ1) is 30.9. The van der Waals surface area contributed by atoms with E-state index in [1.807, 2.05) is 12.1 Å². The zero-order valence-electron chi connectivity index (χ0n) is 24.1. The van der Waals surface area contributed by atoms with Gasteiger partial charge in [-0.2, -0.15) is 5.26 Å². The predicted molar refractivity (Wildman–Crippen MR) is 159 cm³/mol. The monoisotopic (exact) mass is 576 g/mol. The molecule has 0 unspecified atom stereocenters. The molecule has 0 spiro atoms. The number of amides is 1. The molecule has 9 heteroatoms. The van der Waals surface area contributed by atoms with Crippen molar-refractivity contribution in [1.82, 2.24) is 10.6 Å². The second kappa shape index (κ2) is 14.8. The van der Waals surface area contributed by atoms with Crippen molar-refractivity contribution in [3.8, 4) is 11.8 Å². The summed E-state index contributed by atoms with van der Waals surface area (Å²) in [6.07, 6.45) is 1.78. The molecule has 2 atom stereocenters. The summed E-state index contributed by atoms with van der Waals surface area (Å²) >= 11 is 0. The third-order valence-corrected chi connectivity index (χ3v) is 7.42. The molecule has 3 N–H and O–H groups in total. The Kier molecular flexibility index (Phi) is 10.9. The van der Waals surface area contributed by atoms with Crippen LogP contribution in [0.5, 0.6) is 5.75 Å². The van der Waals surface area contributed by atoms with Crippen molar-refractivity contribution in [2.45, 2.75) is 58.2 Å². The normalized spacial score (nSPS) is 14.0. The Balaban J connectivity index is 1.55. The van der Waals surface area contributed by atoms with E-state index in [1.54, 1.807) is 6.07 Å². The molecule has 3 aromatic rings. The van der Waals surface area contributed by atoms with Gasteiger partial charge in [-0.05, 0) is 60.2 Å². The lowest BCUT2D eigenvalue weighted by Crippen LogP contribution is -2.48. The van der Waals surface area contributed by atoms with Gasteiger partial charge in [-0.3, -0.25) is 4.79 Å². The maximum atomic E-state index is 14.0. The summed E-state index contributed by atoms with van der Waals surface area (Å²) in [6, 6.07) is 15.7. The maximum Gasteiger partial charge on any atom is 0.251 e. The number of halogens is 2. The van der Waals surface area contributed by atoms with Crippen LogP contribution in [0.2, 0.25) is 0 Å². The summed E-state index contributed by atoms with van der Waals surface area (Å²) in [5, 5.41) is 27.1. The highest BCUT2D eigenvalue weighted by molar-refractivity contribution is 5.96. The number of hydrogen-bond donors (Lipinski definition) is 3. The summed E-state index contributed by atoms with van der Waals surface area (Å²) in [5.74, 6) is -1.52. The van der Waals surface area contributed by atoms with Gasteiger partial charge in [0.2, 0.25) is 0 Å². The standard InChI is InChI=1S/C33H38F2N4O3/c1-3-5-9-39-10-11-42-32-26(19-36)16-25(17-30(32)39)33(41)38-29(15-24-13-27(34)18-28(35)14-24)31(40)21-37-20-23-8-6-7-22(4-2)12-23/h6-8,12-14,16-18,29,31,37,40H,3-5,9-11,15,20-21H2,1-2H3,(H,38,41)/t29-,31+/m0/s1. The lowest BCUT2D eigenvalue weighted by atomic mass is 9.99. The molecular formula is C33H38F2N4O3. The number of anilines is 1. The van der Waals surface area contributed by atoms with Gasteiger partial charge in [-0.1, -0.05) is 44.5 Å². The van der Waals surface area contributed by atoms with Gasteiger partial charge in [-0.25, -0.2) is 8.78 Å². The number of nitrogens with zero attached hydrogens (tertiary/aromatic N) is 2. The molecule has 0 saturated carbocycles. The Labute approximate surface area is 246 Å². The molecule has 0 radical (unpaired) electrons. The number of nitrogens with one attached hydrogen (secondary N) is 2. The molecule has 0 aromatic heterocycles. The minimum absolute atomic E-state index is 0.00360. The zero-order valence-corrected chi connectivity index (χ0v) is 24.1. The lowest BCUT2D eigenvalue weighted by molar-refractivity contribution is 0.0829. The highest BCUT2D eigenvalue weighted by Crippen LogP contribution is 2.36. The van der Waals surface area contributed by atoms with Crippen LogP contribution in [-0.4, -0.2) is 49.4 Å². The van der Waals surface area contributed by atoms with Crippen LogP contribution in [0.25, 0.3) is 0 Å². The summed E-state index contributed by atoms with van der Waals surface area (Å²) in [7, 11) is 0. The molecule has 1 amide bonds. The smallest absolute Gasteiger partial charge is 0.251 e. The van der Waals surface area contributed by atoms with Crippen LogP contribution >= 0.6 is 0 Å². The van der Waals surface area contributed by atoms with Crippen LogP contribution in [-0.2, 0) is 19.4 Å². The van der Waals surface area contributed by atoms with Crippen LogP contribution < -0.4 is 20.3 Å². The number of unbranched alkanes of at least 4 members (excludes halogenated alkanes) is 1. The number of fused-ring (bicyclic) bond motifs is 1. The molecule has 3 aromatic carbocycles. The average Bonchev–Trinajstić information content (AvgIpc) is 2.98. The van der Waals surface area contributed by atoms with Crippen molar-refractivity contribution in [1.29, 1.82) is 5.26 Å². The van der Waals surface area contributed by atoms with Crippen molar-refractivity contribution in [3.63, 3.8) is 0 Å². The Bertz CT molecular complexity index is 1400. The van der Waals surface area contributed by atoms with Crippen LogP contribution in [0.4, 0.5) is 14.5 Å². The average molecular weight is 577 g/mol. The largest absolute Gasteiger partial charge is 0.488 e. The number of hydrogen-bond acceptors (Lipinski definition) is 6. The number of aryl methyl sites for hydroxylation is 1. The second-order valence-corrected chi connectivity index (χ2v) is 10.6. The molecule has 1 heterocycles. The third-order valence-electron chi connectivity index (χ3n) is 7.42. The highest BCUT2D eigenvalue weighted by Gasteiger charge is 2.27. The summed E-state index contributed by atoms with van der Waals surface area (Å²) in [4.78, 5) is 15.7. The highest BCUT2D eigenvalue weighted by atomic mass is 19.1. The first-order valence-electron chi connectivity index (χ1n) is 14.5. The van der Waals surface area contributed by atoms with Crippen LogP contribution in [0, 0.1) is 23.0 Å². The van der Waals surface area contributed by atoms with Crippen molar-refractivity contribution in [2.75, 3.05) is 31.1 Å². The molecular weight excluding hydrogens is 538 g/mol. The SMILES string of the molecule is CCCCN1CCOc2c(C#N)cc(C(=O)N[C@@H](Cc3cc(F)cc(F)c3)[C@H](O)CNCc3cccc(CC)c3)cc21. The lowest BCUT2D eigenvalue weighted by Gasteiger charge is -2.32. The van der Waals surface area contributed by atoms with E-state index in [1.165, 1.54) is 23.8 Å². The van der Waals surface area contributed by atoms with Crippen LogP contribution in [0.15, 0.2) is 54.6 Å². The minimum Gasteiger partial charge on any atom is -0.488 e. The molecule has 0 saturated heterocycles. The van der Waals surface area contributed by atoms with Crippen molar-refractivity contribution < 1.29 is 23.4 Å². The van der Waals surface area contributed by atoms with E-state index in [9.17, 15) is 23.9 Å². The van der Waals surface area contributed by atoms with E-state index in [0.717, 1.165) is 37.4 Å². The van der Waals surface area contributed by atoms with E-state index in [2.05, 4.69) is 47.6 Å². The first-order valence-corrected chi connectivity index (χ1v) is 14.5. The number of carbonyl (C=O) groups is 1. The fourth-order valence-electron chi connectivity index (χ4n) is 5.16. The minimum atomic E-state index is -1.08. The quantitative estimate of drug-likeness (QED) is 0.268. The van der Waals surface area contributed by atoms with Gasteiger partial charge in [-0.15, -0.1) is 0 Å². The van der Waals surface area contributed by atoms with Crippen molar-refractivity contribution in [3.05, 3.63) is 94.0 Å². The number of benzene rings is 3. The molecule has 42 heavy (non-hydrogen) atoms. The molecule has 7 nitrogen and oxygen atoms in total. The van der Waals surface area contributed by atoms with Crippen LogP contribution in [0.3, 0.4) is 0 Å². The van der Waals surface area contributed by atoms with Gasteiger partial charge in [0.25, 0.3) is 5.91 Å². The number of aliphatic hydroxyl groups is 1. The Morgan fingerprint density at radius 3 is 2.57 bits per heavy atom. The molecule has 222 valence electrons. The van der Waals surface area contributed by atoms with Gasteiger partial charge >= 0.3 is 0 Å². The Morgan fingerprint density at radius 2 is 1.86 bits per heavy atom. The summed E-state index contributed by atoms with van der Waals surface area (Å²) in [5.41, 5.74) is 3.73. The summed E-state index contributed by atoms with van der Waals surface area (Å²) < 4.78 is 33.7. The maximum absolute atomic E-state index is 14.0. The topological polar surface area (TPSA) is 97.6 Å². The number of aliphatic hydroxyl groups excluding tert-OH is 1. The fraction of sp³-hybridized carbons (Fsp3) is 0.394. The van der Waals surface area contributed by atoms with Crippen molar-refractivity contribution in [2.24, 2.45) is 0 Å². The molecule has 1 aliphatic rings. The van der Waals surface area contributed by atoms with Crippen molar-refractivity contribution >= 4 is 11.6 Å². The number of nitriles is 1. The van der Waals surface area contributed by atoms with Gasteiger partial charge in [0.15, 0.2) is 5.75 Å². The zero-order chi connectivity index (χ0) is 30.1. The first-order chi connectivity index (χ1) is 20.3. The fourth-order valence-corrected chi connectivity index (χ4v) is 5.16. The van der Waals surface area contributed by atoms with Gasteiger partial charge in [0, 0.05) is 31.3 Å². The molecule has 0 aliphatic carbocycles. The third kappa shape index (κ3) is 8.05. The Morgan fingerprint density at radius 1 is 1.10 bits per heavy atom. The molecule has 0 bridgehead atoms. The van der Waals surface area contributed by atoms with Gasteiger partial charge in [0.1, 0.15) is 24.3 Å². The number of carbonyl (C=O) groups excluding carboxylic acids is 1. The Hall–Kier alpha value is -4.00. The molecule has 0 fully saturated rings. The molecule has 4 rings (SSSR count).